The lowest BCUT2D eigenvalue weighted by Gasteiger charge is -2.19. The average molecular weight is 202 g/mol. The molecule has 14 heavy (non-hydrogen) atoms. The molecule has 0 amide bonds. The van der Waals surface area contributed by atoms with E-state index in [9.17, 15) is 9.90 Å². The van der Waals surface area contributed by atoms with Crippen molar-refractivity contribution < 1.29 is 19.4 Å². The van der Waals surface area contributed by atoms with E-state index in [2.05, 4.69) is 4.74 Å². The highest BCUT2D eigenvalue weighted by atomic mass is 16.5. The highest BCUT2D eigenvalue weighted by molar-refractivity contribution is 5.71. The Morgan fingerprint density at radius 3 is 2.93 bits per heavy atom. The van der Waals surface area contributed by atoms with E-state index in [1.54, 1.807) is 6.92 Å². The Kier molecular flexibility index (Phi) is 4.35. The van der Waals surface area contributed by atoms with Crippen LogP contribution in [-0.2, 0) is 14.3 Å². The molecule has 1 rings (SSSR count). The van der Waals surface area contributed by atoms with E-state index in [4.69, 9.17) is 4.74 Å². The van der Waals surface area contributed by atoms with Gasteiger partial charge in [-0.2, -0.15) is 0 Å². The van der Waals surface area contributed by atoms with Crippen LogP contribution >= 0.6 is 0 Å². The Morgan fingerprint density at radius 1 is 1.71 bits per heavy atom. The smallest absolute Gasteiger partial charge is 0.308 e. The minimum Gasteiger partial charge on any atom is -0.469 e. The Bertz CT molecular complexity index is 187. The topological polar surface area (TPSA) is 55.8 Å². The summed E-state index contributed by atoms with van der Waals surface area (Å²) < 4.78 is 9.91. The molecule has 0 aliphatic carbocycles. The first-order chi connectivity index (χ1) is 6.65. The summed E-state index contributed by atoms with van der Waals surface area (Å²) >= 11 is 0. The van der Waals surface area contributed by atoms with Crippen molar-refractivity contribution in [1.29, 1.82) is 0 Å². The van der Waals surface area contributed by atoms with Crippen molar-refractivity contribution in [1.82, 2.24) is 0 Å². The van der Waals surface area contributed by atoms with E-state index < -0.39 is 6.10 Å². The number of hydrogen-bond donors (Lipinski definition) is 1. The lowest BCUT2D eigenvalue weighted by atomic mass is 9.99. The Morgan fingerprint density at radius 2 is 2.43 bits per heavy atom. The van der Waals surface area contributed by atoms with Crippen LogP contribution in [0, 0.1) is 5.92 Å². The molecule has 1 N–H and O–H groups in total. The zero-order valence-electron chi connectivity index (χ0n) is 8.73. The van der Waals surface area contributed by atoms with Crippen LogP contribution in [0.15, 0.2) is 0 Å². The van der Waals surface area contributed by atoms with Gasteiger partial charge in [-0.1, -0.05) is 6.92 Å². The van der Waals surface area contributed by atoms with E-state index in [0.29, 0.717) is 13.0 Å². The number of rotatable bonds is 4. The summed E-state index contributed by atoms with van der Waals surface area (Å²) in [5, 5.41) is 9.73. The van der Waals surface area contributed by atoms with Crippen LogP contribution in [0.5, 0.6) is 0 Å². The molecular weight excluding hydrogens is 184 g/mol. The summed E-state index contributed by atoms with van der Waals surface area (Å²) in [5.74, 6) is -0.541. The summed E-state index contributed by atoms with van der Waals surface area (Å²) in [5.41, 5.74) is 0. The number of esters is 1. The van der Waals surface area contributed by atoms with Crippen LogP contribution < -0.4 is 0 Å². The predicted molar refractivity (Wildman–Crippen MR) is 50.8 cm³/mol. The van der Waals surface area contributed by atoms with Crippen LogP contribution in [0.25, 0.3) is 0 Å². The predicted octanol–water partition coefficient (Wildman–Crippen LogP) is 0.725. The van der Waals surface area contributed by atoms with Crippen molar-refractivity contribution in [3.8, 4) is 0 Å². The van der Waals surface area contributed by atoms with Crippen LogP contribution in [0.2, 0.25) is 0 Å². The first kappa shape index (κ1) is 11.5. The molecule has 4 heteroatoms. The van der Waals surface area contributed by atoms with Crippen LogP contribution in [0.3, 0.4) is 0 Å². The molecule has 1 aliphatic rings. The van der Waals surface area contributed by atoms with E-state index in [0.717, 1.165) is 12.8 Å². The minimum atomic E-state index is -0.549. The first-order valence-corrected chi connectivity index (χ1v) is 5.02. The molecule has 4 nitrogen and oxygen atoms in total. The molecule has 3 atom stereocenters. The number of aliphatic hydroxyl groups is 1. The lowest BCUT2D eigenvalue weighted by Crippen LogP contribution is -2.29. The highest BCUT2D eigenvalue weighted by Gasteiger charge is 2.27. The normalized spacial score (nSPS) is 25.8. The minimum absolute atomic E-state index is 0.0953. The zero-order valence-corrected chi connectivity index (χ0v) is 8.73. The quantitative estimate of drug-likeness (QED) is 0.683. The third-order valence-corrected chi connectivity index (χ3v) is 2.59. The second-order valence-electron chi connectivity index (χ2n) is 3.78. The van der Waals surface area contributed by atoms with Gasteiger partial charge in [0, 0.05) is 6.61 Å². The van der Waals surface area contributed by atoms with Crippen molar-refractivity contribution >= 4 is 5.97 Å². The van der Waals surface area contributed by atoms with Gasteiger partial charge in [0.15, 0.2) is 0 Å². The molecular formula is C10H18O4. The van der Waals surface area contributed by atoms with Crippen molar-refractivity contribution in [3.05, 3.63) is 0 Å². The molecule has 1 aliphatic heterocycles. The monoisotopic (exact) mass is 202 g/mol. The number of methoxy groups -OCH3 is 1. The molecule has 0 saturated carbocycles. The van der Waals surface area contributed by atoms with Crippen molar-refractivity contribution in [2.45, 2.75) is 38.4 Å². The maximum absolute atomic E-state index is 11.1. The Labute approximate surface area is 84.2 Å². The molecule has 1 heterocycles. The molecule has 0 aromatic heterocycles. The summed E-state index contributed by atoms with van der Waals surface area (Å²) in [6.45, 7) is 2.47. The highest BCUT2D eigenvalue weighted by Crippen LogP contribution is 2.20. The Hall–Kier alpha value is -0.610. The van der Waals surface area contributed by atoms with Gasteiger partial charge in [0.1, 0.15) is 0 Å². The third-order valence-electron chi connectivity index (χ3n) is 2.59. The van der Waals surface area contributed by atoms with Gasteiger partial charge in [0.05, 0.1) is 25.2 Å². The van der Waals surface area contributed by atoms with E-state index in [-0.39, 0.29) is 18.0 Å². The zero-order chi connectivity index (χ0) is 10.6. The molecule has 0 bridgehead atoms. The molecule has 0 spiro atoms. The Balaban J connectivity index is 2.31. The molecule has 0 aromatic carbocycles. The fraction of sp³-hybridized carbons (Fsp3) is 0.900. The molecule has 82 valence electrons. The molecule has 3 unspecified atom stereocenters. The first-order valence-electron chi connectivity index (χ1n) is 5.02. The van der Waals surface area contributed by atoms with Gasteiger partial charge in [0.25, 0.3) is 0 Å². The third kappa shape index (κ3) is 2.96. The average Bonchev–Trinajstić information content (AvgIpc) is 2.69. The van der Waals surface area contributed by atoms with Crippen molar-refractivity contribution in [3.63, 3.8) is 0 Å². The lowest BCUT2D eigenvalue weighted by molar-refractivity contribution is -0.146. The second kappa shape index (κ2) is 5.32. The standard InChI is InChI=1S/C10H18O4/c1-7(10(12)13-2)6-8(11)9-4-3-5-14-9/h7-9,11H,3-6H2,1-2H3. The van der Waals surface area contributed by atoms with Gasteiger partial charge in [0.2, 0.25) is 0 Å². The number of carbonyl (C=O) groups is 1. The summed E-state index contributed by atoms with van der Waals surface area (Å²) in [6, 6.07) is 0. The number of aliphatic hydroxyl groups excluding tert-OH is 1. The van der Waals surface area contributed by atoms with E-state index >= 15 is 0 Å². The van der Waals surface area contributed by atoms with Crippen LogP contribution in [-0.4, -0.2) is 37.0 Å². The molecule has 0 aromatic rings. The van der Waals surface area contributed by atoms with Crippen molar-refractivity contribution in [2.75, 3.05) is 13.7 Å². The molecule has 1 fully saturated rings. The van der Waals surface area contributed by atoms with E-state index in [1.165, 1.54) is 7.11 Å². The fourth-order valence-electron chi connectivity index (χ4n) is 1.72. The van der Waals surface area contributed by atoms with Crippen LogP contribution in [0.4, 0.5) is 0 Å². The van der Waals surface area contributed by atoms with Crippen molar-refractivity contribution in [2.24, 2.45) is 5.92 Å². The van der Waals surface area contributed by atoms with Crippen LogP contribution in [0.1, 0.15) is 26.2 Å². The summed E-state index contributed by atoms with van der Waals surface area (Å²) in [4.78, 5) is 11.1. The number of hydrogen-bond acceptors (Lipinski definition) is 4. The molecule has 1 saturated heterocycles. The molecule has 0 radical (unpaired) electrons. The number of carbonyl (C=O) groups excluding carboxylic acids is 1. The summed E-state index contributed by atoms with van der Waals surface area (Å²) in [6.07, 6.45) is 1.65. The summed E-state index contributed by atoms with van der Waals surface area (Å²) in [7, 11) is 1.36. The van der Waals surface area contributed by atoms with Gasteiger partial charge in [-0.05, 0) is 19.3 Å². The maximum Gasteiger partial charge on any atom is 0.308 e. The van der Waals surface area contributed by atoms with Gasteiger partial charge < -0.3 is 14.6 Å². The number of ether oxygens (including phenoxy) is 2. The fourth-order valence-corrected chi connectivity index (χ4v) is 1.72. The van der Waals surface area contributed by atoms with Gasteiger partial charge in [-0.25, -0.2) is 0 Å². The van der Waals surface area contributed by atoms with Gasteiger partial charge >= 0.3 is 5.97 Å². The van der Waals surface area contributed by atoms with E-state index in [1.807, 2.05) is 0 Å². The largest absolute Gasteiger partial charge is 0.469 e. The SMILES string of the molecule is COC(=O)C(C)CC(O)C1CCCO1. The van der Waals surface area contributed by atoms with Gasteiger partial charge in [-0.15, -0.1) is 0 Å². The second-order valence-corrected chi connectivity index (χ2v) is 3.78. The van der Waals surface area contributed by atoms with Gasteiger partial charge in [-0.3, -0.25) is 4.79 Å². The maximum atomic E-state index is 11.1.